The summed E-state index contributed by atoms with van der Waals surface area (Å²) in [5.41, 5.74) is 0. The molecule has 1 rings (SSSR count). The molecule has 0 aliphatic carbocycles. The smallest absolute Gasteiger partial charge is 0.341 e. The van der Waals surface area contributed by atoms with Crippen molar-refractivity contribution in [2.45, 2.75) is 37.2 Å². The highest BCUT2D eigenvalue weighted by atomic mass is 79.9. The highest BCUT2D eigenvalue weighted by molar-refractivity contribution is 9.10. The van der Waals surface area contributed by atoms with Crippen LogP contribution >= 0.6 is 15.9 Å². The van der Waals surface area contributed by atoms with Crippen LogP contribution in [0.2, 0.25) is 0 Å². The number of carbonyl (C=O) groups is 1. The molecule has 1 saturated heterocycles. The van der Waals surface area contributed by atoms with Gasteiger partial charge < -0.3 is 4.90 Å². The van der Waals surface area contributed by atoms with Crippen molar-refractivity contribution in [1.82, 2.24) is 4.90 Å². The average Bonchev–Trinajstić information content (AvgIpc) is 2.14. The van der Waals surface area contributed by atoms with E-state index in [1.165, 1.54) is 4.90 Å². The van der Waals surface area contributed by atoms with E-state index in [1.807, 2.05) is 0 Å². The number of amides is 1. The molecule has 0 aromatic heterocycles. The van der Waals surface area contributed by atoms with Gasteiger partial charge in [-0.05, 0) is 26.7 Å². The zero-order valence-electron chi connectivity index (χ0n) is 9.27. The maximum absolute atomic E-state index is 12.5. The Labute approximate surface area is 101 Å². The average molecular weight is 302 g/mol. The first-order valence-corrected chi connectivity index (χ1v) is 5.96. The Balaban J connectivity index is 2.68. The van der Waals surface area contributed by atoms with Gasteiger partial charge in [-0.1, -0.05) is 15.9 Å². The Morgan fingerprint density at radius 3 is 2.38 bits per heavy atom. The number of hydrogen-bond acceptors (Lipinski definition) is 1. The number of hydrogen-bond donors (Lipinski definition) is 0. The molecule has 0 N–H and O–H groups in total. The molecule has 1 fully saturated rings. The fraction of sp³-hybridized carbons (Fsp3) is 0.900. The van der Waals surface area contributed by atoms with Gasteiger partial charge in [-0.2, -0.15) is 13.2 Å². The van der Waals surface area contributed by atoms with Gasteiger partial charge in [-0.3, -0.25) is 4.79 Å². The molecule has 0 aromatic carbocycles. The second-order valence-electron chi connectivity index (χ2n) is 4.60. The van der Waals surface area contributed by atoms with Gasteiger partial charge in [0.15, 0.2) is 0 Å². The molecule has 0 radical (unpaired) electrons. The number of piperidine rings is 1. The van der Waals surface area contributed by atoms with E-state index in [0.29, 0.717) is 13.0 Å². The van der Waals surface area contributed by atoms with Gasteiger partial charge in [0.25, 0.3) is 0 Å². The molecule has 0 spiro atoms. The summed E-state index contributed by atoms with van der Waals surface area (Å²) in [7, 11) is 0. The van der Waals surface area contributed by atoms with Crippen LogP contribution in [0, 0.1) is 5.92 Å². The van der Waals surface area contributed by atoms with Crippen LogP contribution in [0.1, 0.15) is 26.7 Å². The second kappa shape index (κ2) is 4.55. The number of carbonyl (C=O) groups excluding carboxylic acids is 1. The third-order valence-corrected chi connectivity index (χ3v) is 3.02. The molecule has 1 atom stereocenters. The largest absolute Gasteiger partial charge is 0.393 e. The van der Waals surface area contributed by atoms with Crippen LogP contribution in [-0.4, -0.2) is 34.4 Å². The van der Waals surface area contributed by atoms with Crippen LogP contribution in [0.25, 0.3) is 0 Å². The summed E-state index contributed by atoms with van der Waals surface area (Å²) in [6, 6.07) is 0. The van der Waals surface area contributed by atoms with Crippen LogP contribution in [0.15, 0.2) is 0 Å². The van der Waals surface area contributed by atoms with Crippen molar-refractivity contribution in [1.29, 1.82) is 0 Å². The Hall–Kier alpha value is -0.260. The van der Waals surface area contributed by atoms with E-state index in [4.69, 9.17) is 0 Å². The quantitative estimate of drug-likeness (QED) is 0.682. The van der Waals surface area contributed by atoms with Crippen LogP contribution in [0.5, 0.6) is 0 Å². The van der Waals surface area contributed by atoms with E-state index in [1.54, 1.807) is 13.8 Å². The summed E-state index contributed by atoms with van der Waals surface area (Å²) in [5.74, 6) is -1.65. The first-order chi connectivity index (χ1) is 7.12. The van der Waals surface area contributed by atoms with E-state index in [2.05, 4.69) is 15.9 Å². The van der Waals surface area contributed by atoms with Crippen molar-refractivity contribution in [3.05, 3.63) is 0 Å². The molecule has 1 heterocycles. The van der Waals surface area contributed by atoms with Crippen LogP contribution < -0.4 is 0 Å². The summed E-state index contributed by atoms with van der Waals surface area (Å²) < 4.78 is 36.8. The molecular weight excluding hydrogens is 287 g/mol. The Bertz CT molecular complexity index is 272. The summed E-state index contributed by atoms with van der Waals surface area (Å²) >= 11 is 3.18. The van der Waals surface area contributed by atoms with Gasteiger partial charge in [-0.15, -0.1) is 0 Å². The number of nitrogens with zero attached hydrogens (tertiary/aromatic N) is 1. The molecule has 2 nitrogen and oxygen atoms in total. The fourth-order valence-electron chi connectivity index (χ4n) is 1.80. The number of alkyl halides is 4. The van der Waals surface area contributed by atoms with Gasteiger partial charge in [0.05, 0.1) is 10.2 Å². The zero-order chi connectivity index (χ0) is 12.6. The third kappa shape index (κ3) is 3.37. The van der Waals surface area contributed by atoms with Crippen molar-refractivity contribution in [3.63, 3.8) is 0 Å². The highest BCUT2D eigenvalue weighted by Gasteiger charge is 2.44. The third-order valence-electron chi connectivity index (χ3n) is 2.68. The topological polar surface area (TPSA) is 20.3 Å². The second-order valence-corrected chi connectivity index (χ2v) is 6.59. The first-order valence-electron chi connectivity index (χ1n) is 5.17. The molecule has 6 heteroatoms. The summed E-state index contributed by atoms with van der Waals surface area (Å²) in [6.07, 6.45) is -3.66. The van der Waals surface area contributed by atoms with Crippen LogP contribution in [0.3, 0.4) is 0 Å². The van der Waals surface area contributed by atoms with E-state index in [0.717, 1.165) is 0 Å². The van der Waals surface area contributed by atoms with Crippen molar-refractivity contribution >= 4 is 21.8 Å². The maximum Gasteiger partial charge on any atom is 0.393 e. The molecule has 1 aliphatic rings. The molecule has 0 aromatic rings. The predicted molar refractivity (Wildman–Crippen MR) is 58.4 cm³/mol. The number of likely N-dealkylation sites (tertiary alicyclic amines) is 1. The normalized spacial score (nSPS) is 23.4. The number of rotatable bonds is 1. The zero-order valence-corrected chi connectivity index (χ0v) is 10.9. The Morgan fingerprint density at radius 1 is 1.38 bits per heavy atom. The van der Waals surface area contributed by atoms with Crippen LogP contribution in [0.4, 0.5) is 13.2 Å². The fourth-order valence-corrected chi connectivity index (χ4v) is 2.06. The molecule has 0 saturated carbocycles. The van der Waals surface area contributed by atoms with Gasteiger partial charge in [0.1, 0.15) is 0 Å². The van der Waals surface area contributed by atoms with Gasteiger partial charge in [-0.25, -0.2) is 0 Å². The molecule has 1 amide bonds. The van der Waals surface area contributed by atoms with Crippen molar-refractivity contribution < 1.29 is 18.0 Å². The number of halogens is 4. The summed E-state index contributed by atoms with van der Waals surface area (Å²) in [5, 5.41) is 0. The molecule has 0 bridgehead atoms. The lowest BCUT2D eigenvalue weighted by molar-refractivity contribution is -0.188. The van der Waals surface area contributed by atoms with E-state index in [-0.39, 0.29) is 18.9 Å². The Morgan fingerprint density at radius 2 is 1.94 bits per heavy atom. The SMILES string of the molecule is CC(C)(Br)C(=O)N1CCCC(C(F)(F)F)C1. The van der Waals surface area contributed by atoms with Gasteiger partial charge in [0.2, 0.25) is 5.91 Å². The van der Waals surface area contributed by atoms with Gasteiger partial charge in [0, 0.05) is 13.1 Å². The lowest BCUT2D eigenvalue weighted by Gasteiger charge is -2.36. The first kappa shape index (κ1) is 13.8. The molecule has 1 aliphatic heterocycles. The molecule has 94 valence electrons. The predicted octanol–water partition coefficient (Wildman–Crippen LogP) is 2.96. The summed E-state index contributed by atoms with van der Waals surface area (Å²) in [6.45, 7) is 3.50. The van der Waals surface area contributed by atoms with E-state index >= 15 is 0 Å². The Kier molecular flexibility index (Phi) is 3.92. The lowest BCUT2D eigenvalue weighted by Crippen LogP contribution is -2.49. The van der Waals surface area contributed by atoms with Crippen molar-refractivity contribution in [3.8, 4) is 0 Å². The maximum atomic E-state index is 12.5. The van der Waals surface area contributed by atoms with Crippen molar-refractivity contribution in [2.24, 2.45) is 5.92 Å². The highest BCUT2D eigenvalue weighted by Crippen LogP contribution is 2.34. The minimum Gasteiger partial charge on any atom is -0.341 e. The molecule has 16 heavy (non-hydrogen) atoms. The molecular formula is C10H15BrF3NO. The van der Waals surface area contributed by atoms with Crippen molar-refractivity contribution in [2.75, 3.05) is 13.1 Å². The van der Waals surface area contributed by atoms with E-state index in [9.17, 15) is 18.0 Å². The van der Waals surface area contributed by atoms with Gasteiger partial charge >= 0.3 is 6.18 Å². The molecule has 1 unspecified atom stereocenters. The standard InChI is InChI=1S/C10H15BrF3NO/c1-9(2,11)8(16)15-5-3-4-7(6-15)10(12,13)14/h7H,3-6H2,1-2H3. The van der Waals surface area contributed by atoms with Crippen LogP contribution in [-0.2, 0) is 4.79 Å². The minimum atomic E-state index is -4.20. The monoisotopic (exact) mass is 301 g/mol. The summed E-state index contributed by atoms with van der Waals surface area (Å²) in [4.78, 5) is 13.1. The van der Waals surface area contributed by atoms with E-state index < -0.39 is 16.4 Å². The minimum absolute atomic E-state index is 0.121. The lowest BCUT2D eigenvalue weighted by atomic mass is 9.96.